The maximum absolute atomic E-state index is 4.93. The molecule has 0 aliphatic heterocycles. The van der Waals surface area contributed by atoms with Crippen LogP contribution in [0.3, 0.4) is 0 Å². The molecule has 1 aromatic rings. The van der Waals surface area contributed by atoms with E-state index in [1.165, 1.54) is 32.0 Å². The van der Waals surface area contributed by atoms with Crippen LogP contribution in [0.2, 0.25) is 0 Å². The van der Waals surface area contributed by atoms with Gasteiger partial charge in [-0.3, -0.25) is 0 Å². The van der Waals surface area contributed by atoms with Crippen LogP contribution in [0.1, 0.15) is 45.4 Å². The largest absolute Gasteiger partial charge is 0.340 e. The maximum Gasteiger partial charge on any atom is 0.227 e. The quantitative estimate of drug-likeness (QED) is 0.716. The summed E-state index contributed by atoms with van der Waals surface area (Å²) in [7, 11) is 0. The lowest BCUT2D eigenvalue weighted by atomic mass is 10.1. The van der Waals surface area contributed by atoms with Crippen molar-refractivity contribution in [1.82, 2.24) is 15.5 Å². The van der Waals surface area contributed by atoms with Crippen molar-refractivity contribution in [2.24, 2.45) is 0 Å². The van der Waals surface area contributed by atoms with Gasteiger partial charge in [-0.25, -0.2) is 0 Å². The zero-order valence-electron chi connectivity index (χ0n) is 9.70. The number of hydrogen-bond donors (Lipinski definition) is 1. The first-order chi connectivity index (χ1) is 7.36. The smallest absolute Gasteiger partial charge is 0.227 e. The molecule has 1 N–H and O–H groups in total. The van der Waals surface area contributed by atoms with E-state index in [0.29, 0.717) is 11.9 Å². The fourth-order valence-corrected chi connectivity index (χ4v) is 1.73. The van der Waals surface area contributed by atoms with E-state index in [-0.39, 0.29) is 0 Å². The first-order valence-electron chi connectivity index (χ1n) is 5.85. The zero-order chi connectivity index (χ0) is 10.9. The molecule has 1 heterocycles. The Hall–Kier alpha value is -0.900. The summed E-state index contributed by atoms with van der Waals surface area (Å²) in [5.74, 6) is 0.717. The summed E-state index contributed by atoms with van der Waals surface area (Å²) in [5, 5.41) is 7.11. The number of rotatable bonds is 8. The minimum Gasteiger partial charge on any atom is -0.340 e. The Morgan fingerprint density at radius 1 is 1.33 bits per heavy atom. The molecule has 0 aliphatic carbocycles. The summed E-state index contributed by atoms with van der Waals surface area (Å²) >= 11 is 0. The van der Waals surface area contributed by atoms with Gasteiger partial charge in [-0.05, 0) is 12.8 Å². The van der Waals surface area contributed by atoms with Gasteiger partial charge >= 0.3 is 0 Å². The Labute approximate surface area is 91.5 Å². The predicted octanol–water partition coefficient (Wildman–Crippen LogP) is 2.17. The van der Waals surface area contributed by atoms with Crippen LogP contribution in [-0.4, -0.2) is 22.7 Å². The molecule has 0 amide bonds. The van der Waals surface area contributed by atoms with Crippen LogP contribution in [0, 0.1) is 0 Å². The van der Waals surface area contributed by atoms with Crippen LogP contribution in [0.25, 0.3) is 0 Å². The molecule has 0 saturated heterocycles. The van der Waals surface area contributed by atoms with Crippen LogP contribution in [0.4, 0.5) is 0 Å². The van der Waals surface area contributed by atoms with Gasteiger partial charge in [-0.1, -0.05) is 31.8 Å². The van der Waals surface area contributed by atoms with Crippen LogP contribution in [-0.2, 0) is 6.42 Å². The van der Waals surface area contributed by atoms with E-state index in [1.54, 1.807) is 0 Å². The third kappa shape index (κ3) is 4.93. The number of aromatic nitrogens is 2. The predicted molar refractivity (Wildman–Crippen MR) is 59.6 cm³/mol. The van der Waals surface area contributed by atoms with Crippen LogP contribution in [0.5, 0.6) is 0 Å². The highest BCUT2D eigenvalue weighted by Crippen LogP contribution is 2.04. The van der Waals surface area contributed by atoms with Gasteiger partial charge in [0.2, 0.25) is 5.89 Å². The van der Waals surface area contributed by atoms with Crippen molar-refractivity contribution in [3.05, 3.63) is 12.2 Å². The van der Waals surface area contributed by atoms with Gasteiger partial charge in [0.25, 0.3) is 0 Å². The first kappa shape index (κ1) is 12.2. The summed E-state index contributed by atoms with van der Waals surface area (Å²) in [6.45, 7) is 5.37. The highest BCUT2D eigenvalue weighted by Gasteiger charge is 2.06. The topological polar surface area (TPSA) is 51.0 Å². The standard InChI is InChI=1S/C11H21N3O/c1-3-5-10(6-4-2)12-8-7-11-13-9-14-15-11/h9-10,12H,3-8H2,1-2H3. The Morgan fingerprint density at radius 3 is 2.60 bits per heavy atom. The van der Waals surface area contributed by atoms with Crippen LogP contribution in [0.15, 0.2) is 10.9 Å². The van der Waals surface area contributed by atoms with Crippen LogP contribution >= 0.6 is 0 Å². The summed E-state index contributed by atoms with van der Waals surface area (Å²) in [4.78, 5) is 3.99. The summed E-state index contributed by atoms with van der Waals surface area (Å²) in [5.41, 5.74) is 0. The molecular weight excluding hydrogens is 190 g/mol. The molecule has 4 nitrogen and oxygen atoms in total. The van der Waals surface area contributed by atoms with Crippen LogP contribution < -0.4 is 5.32 Å². The van der Waals surface area contributed by atoms with Gasteiger partial charge in [-0.2, -0.15) is 4.98 Å². The molecule has 0 aliphatic rings. The van der Waals surface area contributed by atoms with E-state index in [0.717, 1.165) is 13.0 Å². The van der Waals surface area contributed by atoms with E-state index in [1.807, 2.05) is 0 Å². The fourth-order valence-electron chi connectivity index (χ4n) is 1.73. The second-order valence-electron chi connectivity index (χ2n) is 3.81. The van der Waals surface area contributed by atoms with Crippen molar-refractivity contribution in [2.45, 2.75) is 52.0 Å². The summed E-state index contributed by atoms with van der Waals surface area (Å²) < 4.78 is 4.93. The highest BCUT2D eigenvalue weighted by molar-refractivity contribution is 4.76. The molecule has 0 spiro atoms. The molecule has 0 saturated carbocycles. The van der Waals surface area contributed by atoms with Gasteiger partial charge in [0.15, 0.2) is 6.33 Å². The lowest BCUT2D eigenvalue weighted by molar-refractivity contribution is 0.366. The van der Waals surface area contributed by atoms with Gasteiger partial charge in [0.05, 0.1) is 0 Å². The molecule has 0 fully saturated rings. The van der Waals surface area contributed by atoms with E-state index in [9.17, 15) is 0 Å². The van der Waals surface area contributed by atoms with Gasteiger partial charge < -0.3 is 9.84 Å². The van der Waals surface area contributed by atoms with E-state index < -0.39 is 0 Å². The molecule has 1 aromatic heterocycles. The molecule has 0 radical (unpaired) electrons. The van der Waals surface area contributed by atoms with Crippen molar-refractivity contribution in [3.63, 3.8) is 0 Å². The molecule has 0 unspecified atom stereocenters. The van der Waals surface area contributed by atoms with E-state index >= 15 is 0 Å². The molecular formula is C11H21N3O. The molecule has 4 heteroatoms. The van der Waals surface area contributed by atoms with Crippen molar-refractivity contribution < 1.29 is 4.52 Å². The minimum absolute atomic E-state index is 0.642. The summed E-state index contributed by atoms with van der Waals surface area (Å²) in [6.07, 6.45) is 7.24. The molecule has 0 atom stereocenters. The second-order valence-corrected chi connectivity index (χ2v) is 3.81. The van der Waals surface area contributed by atoms with Crippen molar-refractivity contribution >= 4 is 0 Å². The monoisotopic (exact) mass is 211 g/mol. The number of nitrogens with zero attached hydrogens (tertiary/aromatic N) is 2. The van der Waals surface area contributed by atoms with Crippen molar-refractivity contribution in [2.75, 3.05) is 6.54 Å². The molecule has 1 rings (SSSR count). The zero-order valence-corrected chi connectivity index (χ0v) is 9.70. The second kappa shape index (κ2) is 7.40. The normalized spacial score (nSPS) is 11.1. The highest BCUT2D eigenvalue weighted by atomic mass is 16.5. The third-order valence-electron chi connectivity index (χ3n) is 2.45. The molecule has 0 aromatic carbocycles. The Morgan fingerprint density at radius 2 is 2.07 bits per heavy atom. The Bertz CT molecular complexity index is 230. The fraction of sp³-hybridized carbons (Fsp3) is 0.818. The van der Waals surface area contributed by atoms with Crippen molar-refractivity contribution in [1.29, 1.82) is 0 Å². The maximum atomic E-state index is 4.93. The Kier molecular flexibility index (Phi) is 6.00. The number of hydrogen-bond acceptors (Lipinski definition) is 4. The molecule has 0 bridgehead atoms. The average molecular weight is 211 g/mol. The van der Waals surface area contributed by atoms with Crippen molar-refractivity contribution in [3.8, 4) is 0 Å². The van der Waals surface area contributed by atoms with E-state index in [2.05, 4.69) is 29.3 Å². The average Bonchev–Trinajstić information content (AvgIpc) is 2.71. The SMILES string of the molecule is CCCC(CCC)NCCc1ncno1. The lowest BCUT2D eigenvalue weighted by Crippen LogP contribution is -2.30. The molecule has 86 valence electrons. The van der Waals surface area contributed by atoms with E-state index in [4.69, 9.17) is 4.52 Å². The summed E-state index contributed by atoms with van der Waals surface area (Å²) in [6, 6.07) is 0.642. The third-order valence-corrected chi connectivity index (χ3v) is 2.45. The lowest BCUT2D eigenvalue weighted by Gasteiger charge is -2.16. The number of nitrogens with one attached hydrogen (secondary N) is 1. The molecule has 15 heavy (non-hydrogen) atoms. The minimum atomic E-state index is 0.642. The van der Waals surface area contributed by atoms with Gasteiger partial charge in [0.1, 0.15) is 0 Å². The van der Waals surface area contributed by atoms with Gasteiger partial charge in [0, 0.05) is 19.0 Å². The first-order valence-corrected chi connectivity index (χ1v) is 5.85. The van der Waals surface area contributed by atoms with Gasteiger partial charge in [-0.15, -0.1) is 0 Å². The Balaban J connectivity index is 2.15.